The van der Waals surface area contributed by atoms with Crippen LogP contribution < -0.4 is 5.56 Å². The predicted molar refractivity (Wildman–Crippen MR) is 162 cm³/mol. The molecule has 0 saturated carbocycles. The van der Waals surface area contributed by atoms with Gasteiger partial charge >= 0.3 is 0 Å². The van der Waals surface area contributed by atoms with Crippen LogP contribution in [0.25, 0.3) is 33.4 Å². The number of piperidine rings is 1. The number of hydrogen-bond donors (Lipinski definition) is 1. The maximum Gasteiger partial charge on any atom is 0.261 e. The van der Waals surface area contributed by atoms with E-state index in [0.29, 0.717) is 23.8 Å². The van der Waals surface area contributed by atoms with Crippen LogP contribution in [0.2, 0.25) is 0 Å². The number of hydroxylamine groups is 2. The number of hydrogen-bond acceptors (Lipinski definition) is 7. The Labute approximate surface area is 244 Å². The van der Waals surface area contributed by atoms with E-state index in [0.717, 1.165) is 71.4 Å². The van der Waals surface area contributed by atoms with Crippen molar-refractivity contribution in [1.82, 2.24) is 35.2 Å². The van der Waals surface area contributed by atoms with E-state index in [1.54, 1.807) is 0 Å². The van der Waals surface area contributed by atoms with Gasteiger partial charge in [-0.2, -0.15) is 10.3 Å². The highest BCUT2D eigenvalue weighted by Crippen LogP contribution is 2.38. The summed E-state index contributed by atoms with van der Waals surface area (Å²) in [6.07, 6.45) is 7.38. The molecule has 9 nitrogen and oxygen atoms in total. The summed E-state index contributed by atoms with van der Waals surface area (Å²) in [7, 11) is 0. The van der Waals surface area contributed by atoms with Gasteiger partial charge in [-0.25, -0.2) is 4.98 Å². The lowest BCUT2D eigenvalue weighted by molar-refractivity contribution is -0.173. The van der Waals surface area contributed by atoms with E-state index in [4.69, 9.17) is 9.82 Å². The third-order valence-electron chi connectivity index (χ3n) is 8.62. The SMILES string of the molecule is CCCCc1nc2ccc(C3CC4CCCCN4O3)cc2c(=O)n1Cc1ccc(-c2ccccc2-c2nn[nH]n2)cc1. The number of aromatic amines is 1. The van der Waals surface area contributed by atoms with Gasteiger partial charge in [0, 0.05) is 24.6 Å². The average Bonchev–Trinajstić information content (AvgIpc) is 3.73. The number of H-pyrrole nitrogens is 1. The van der Waals surface area contributed by atoms with E-state index >= 15 is 0 Å². The molecule has 2 aromatic heterocycles. The predicted octanol–water partition coefficient (Wildman–Crippen LogP) is 5.87. The molecule has 0 amide bonds. The van der Waals surface area contributed by atoms with Crippen molar-refractivity contribution in [2.24, 2.45) is 0 Å². The highest BCUT2D eigenvalue weighted by molar-refractivity contribution is 5.80. The molecule has 9 heteroatoms. The number of unbranched alkanes of at least 4 members (excludes halogenated alkanes) is 1. The smallest absolute Gasteiger partial charge is 0.261 e. The van der Waals surface area contributed by atoms with Crippen molar-refractivity contribution in [2.45, 2.75) is 70.6 Å². The third kappa shape index (κ3) is 5.14. The molecule has 1 N–H and O–H groups in total. The normalized spacial score (nSPS) is 18.9. The Kier molecular flexibility index (Phi) is 7.36. The van der Waals surface area contributed by atoms with E-state index in [-0.39, 0.29) is 11.7 Å². The fraction of sp³-hybridized carbons (Fsp3) is 0.364. The number of aryl methyl sites for hydroxylation is 1. The van der Waals surface area contributed by atoms with Gasteiger partial charge in [-0.05, 0) is 65.3 Å². The van der Waals surface area contributed by atoms with Gasteiger partial charge in [0.25, 0.3) is 5.56 Å². The molecule has 0 radical (unpaired) electrons. The van der Waals surface area contributed by atoms with Gasteiger partial charge in [-0.15, -0.1) is 10.2 Å². The van der Waals surface area contributed by atoms with Crippen LogP contribution in [0.3, 0.4) is 0 Å². The largest absolute Gasteiger partial charge is 0.292 e. The Morgan fingerprint density at radius 1 is 1.02 bits per heavy atom. The maximum absolute atomic E-state index is 14.0. The van der Waals surface area contributed by atoms with Gasteiger partial charge in [0.05, 0.1) is 17.4 Å². The van der Waals surface area contributed by atoms with E-state index < -0.39 is 0 Å². The minimum Gasteiger partial charge on any atom is -0.292 e. The molecule has 2 saturated heterocycles. The second-order valence-electron chi connectivity index (χ2n) is 11.4. The zero-order valence-electron chi connectivity index (χ0n) is 23.9. The Hall–Kier alpha value is -4.21. The van der Waals surface area contributed by atoms with E-state index in [1.165, 1.54) is 19.3 Å². The summed E-state index contributed by atoms with van der Waals surface area (Å²) in [5.41, 5.74) is 5.86. The van der Waals surface area contributed by atoms with Gasteiger partial charge in [0.1, 0.15) is 11.9 Å². The number of nitrogens with one attached hydrogen (secondary N) is 1. The minimum absolute atomic E-state index is 0.00649. The summed E-state index contributed by atoms with van der Waals surface area (Å²) >= 11 is 0. The molecule has 2 atom stereocenters. The van der Waals surface area contributed by atoms with E-state index in [2.05, 4.69) is 69.0 Å². The highest BCUT2D eigenvalue weighted by atomic mass is 16.7. The molecule has 0 aliphatic carbocycles. The number of aromatic nitrogens is 6. The zero-order valence-corrected chi connectivity index (χ0v) is 23.9. The molecule has 4 heterocycles. The van der Waals surface area contributed by atoms with E-state index in [9.17, 15) is 4.79 Å². The van der Waals surface area contributed by atoms with E-state index in [1.807, 2.05) is 34.9 Å². The molecule has 42 heavy (non-hydrogen) atoms. The summed E-state index contributed by atoms with van der Waals surface area (Å²) in [4.78, 5) is 25.4. The molecular formula is C33H35N7O2. The first-order valence-electron chi connectivity index (χ1n) is 15.1. The van der Waals surface area contributed by atoms with Gasteiger partial charge in [0.15, 0.2) is 0 Å². The van der Waals surface area contributed by atoms with Crippen LogP contribution >= 0.6 is 0 Å². The second-order valence-corrected chi connectivity index (χ2v) is 11.4. The summed E-state index contributed by atoms with van der Waals surface area (Å²) in [5, 5.41) is 17.4. The first-order valence-corrected chi connectivity index (χ1v) is 15.1. The first kappa shape index (κ1) is 26.7. The lowest BCUT2D eigenvalue weighted by Crippen LogP contribution is -2.32. The summed E-state index contributed by atoms with van der Waals surface area (Å²) in [6.45, 7) is 3.62. The monoisotopic (exact) mass is 561 g/mol. The molecule has 0 bridgehead atoms. The van der Waals surface area contributed by atoms with Crippen LogP contribution in [-0.4, -0.2) is 47.8 Å². The van der Waals surface area contributed by atoms with Crippen LogP contribution in [0.5, 0.6) is 0 Å². The van der Waals surface area contributed by atoms with Crippen molar-refractivity contribution < 1.29 is 4.84 Å². The van der Waals surface area contributed by atoms with Crippen molar-refractivity contribution in [3.05, 3.63) is 94.0 Å². The Balaban J connectivity index is 1.21. The molecule has 2 unspecified atom stereocenters. The van der Waals surface area contributed by atoms with Crippen molar-refractivity contribution in [3.63, 3.8) is 0 Å². The van der Waals surface area contributed by atoms with Crippen molar-refractivity contribution >= 4 is 10.9 Å². The molecule has 2 aliphatic rings. The second kappa shape index (κ2) is 11.6. The van der Waals surface area contributed by atoms with Crippen molar-refractivity contribution in [3.8, 4) is 22.5 Å². The number of nitrogens with zero attached hydrogens (tertiary/aromatic N) is 6. The lowest BCUT2D eigenvalue weighted by atomic mass is 9.97. The van der Waals surface area contributed by atoms with Gasteiger partial charge in [-0.3, -0.25) is 14.2 Å². The Bertz CT molecular complexity index is 1730. The zero-order chi connectivity index (χ0) is 28.5. The first-order chi connectivity index (χ1) is 20.7. The van der Waals surface area contributed by atoms with Crippen LogP contribution in [0.1, 0.15) is 68.5 Å². The van der Waals surface area contributed by atoms with Gasteiger partial charge < -0.3 is 0 Å². The molecule has 2 aliphatic heterocycles. The minimum atomic E-state index is -0.00649. The number of benzene rings is 3. The van der Waals surface area contributed by atoms with Crippen molar-refractivity contribution in [2.75, 3.05) is 6.54 Å². The Morgan fingerprint density at radius 3 is 2.67 bits per heavy atom. The molecule has 0 spiro atoms. The quantitative estimate of drug-likeness (QED) is 0.253. The van der Waals surface area contributed by atoms with Gasteiger partial charge in [0.2, 0.25) is 5.82 Å². The van der Waals surface area contributed by atoms with Crippen LogP contribution in [-0.2, 0) is 17.8 Å². The fourth-order valence-corrected chi connectivity index (χ4v) is 6.35. The topological polar surface area (TPSA) is 102 Å². The standard InChI is InChI=1S/C33H35N7O2/c1-2-3-11-31-34-29-17-16-24(30-20-25-8-6-7-18-40(25)42-30)19-28(29)33(41)39(31)21-22-12-14-23(15-13-22)26-9-4-5-10-27(26)32-35-37-38-36-32/h4-5,9-10,12-17,19,25,30H,2-3,6-8,11,18,20-21H2,1H3,(H,35,36,37,38). The molecular weight excluding hydrogens is 526 g/mol. The Morgan fingerprint density at radius 2 is 1.88 bits per heavy atom. The summed E-state index contributed by atoms with van der Waals surface area (Å²) in [5.74, 6) is 1.39. The van der Waals surface area contributed by atoms with Crippen LogP contribution in [0.15, 0.2) is 71.5 Å². The molecule has 3 aromatic carbocycles. The summed E-state index contributed by atoms with van der Waals surface area (Å²) in [6, 6.07) is 23.0. The van der Waals surface area contributed by atoms with Crippen LogP contribution in [0, 0.1) is 0 Å². The highest BCUT2D eigenvalue weighted by Gasteiger charge is 2.35. The molecule has 7 rings (SSSR count). The maximum atomic E-state index is 14.0. The molecule has 5 aromatic rings. The number of fused-ring (bicyclic) bond motifs is 2. The average molecular weight is 562 g/mol. The van der Waals surface area contributed by atoms with Crippen LogP contribution in [0.4, 0.5) is 0 Å². The fourth-order valence-electron chi connectivity index (χ4n) is 6.35. The number of tetrazole rings is 1. The third-order valence-corrected chi connectivity index (χ3v) is 8.62. The molecule has 214 valence electrons. The molecule has 2 fully saturated rings. The number of rotatable bonds is 8. The lowest BCUT2D eigenvalue weighted by Gasteiger charge is -2.26. The van der Waals surface area contributed by atoms with Gasteiger partial charge in [-0.1, -0.05) is 74.4 Å². The van der Waals surface area contributed by atoms with Crippen molar-refractivity contribution in [1.29, 1.82) is 0 Å². The summed E-state index contributed by atoms with van der Waals surface area (Å²) < 4.78 is 1.86.